The monoisotopic (exact) mass is 479 g/mol. The molecule has 0 aliphatic heterocycles. The molecule has 0 spiro atoms. The summed E-state index contributed by atoms with van der Waals surface area (Å²) in [4.78, 5) is 39.0. The Hall–Kier alpha value is -2.93. The number of fused-ring (bicyclic) bond motifs is 1. The molecule has 0 atom stereocenters. The van der Waals surface area contributed by atoms with E-state index in [1.807, 2.05) is 35.7 Å². The summed E-state index contributed by atoms with van der Waals surface area (Å²) in [5.74, 6) is 0.413. The molecule has 0 bridgehead atoms. The van der Waals surface area contributed by atoms with Gasteiger partial charge in [-0.05, 0) is 60.6 Å². The lowest BCUT2D eigenvalue weighted by Crippen LogP contribution is -2.42. The average Bonchev–Trinajstić information content (AvgIpc) is 3.35. The van der Waals surface area contributed by atoms with Crippen LogP contribution in [0.2, 0.25) is 0 Å². The number of unbranched alkanes of at least 4 members (excludes halogenated alkanes) is 1. The van der Waals surface area contributed by atoms with Crippen LogP contribution in [0.1, 0.15) is 56.6 Å². The first kappa shape index (κ1) is 24.2. The number of hydrogen-bond acceptors (Lipinski definition) is 4. The third kappa shape index (κ3) is 5.25. The molecule has 3 aromatic rings. The van der Waals surface area contributed by atoms with E-state index < -0.39 is 0 Å². The number of nitrogens with one attached hydrogen (secondary N) is 1. The fraction of sp³-hybridized carbons (Fsp3) is 0.444. The first-order valence-corrected chi connectivity index (χ1v) is 13.1. The van der Waals surface area contributed by atoms with E-state index in [0.717, 1.165) is 56.2 Å². The average molecular weight is 480 g/mol. The molecule has 1 aliphatic carbocycles. The molecule has 1 N–H and O–H groups in total. The summed E-state index contributed by atoms with van der Waals surface area (Å²) in [5, 5.41) is 4.91. The molecule has 34 heavy (non-hydrogen) atoms. The van der Waals surface area contributed by atoms with Crippen LogP contribution in [0, 0.1) is 11.8 Å². The first-order chi connectivity index (χ1) is 16.5. The lowest BCUT2D eigenvalue weighted by atomic mass is 9.81. The van der Waals surface area contributed by atoms with Gasteiger partial charge in [0.15, 0.2) is 0 Å². The predicted octanol–water partition coefficient (Wildman–Crippen LogP) is 4.64. The van der Waals surface area contributed by atoms with E-state index >= 15 is 0 Å². The Balaban J connectivity index is 1.52. The highest BCUT2D eigenvalue weighted by molar-refractivity contribution is 7.17. The van der Waals surface area contributed by atoms with Crippen LogP contribution >= 0.6 is 11.3 Å². The van der Waals surface area contributed by atoms with Crippen LogP contribution in [0.15, 0.2) is 51.9 Å². The van der Waals surface area contributed by atoms with Crippen molar-refractivity contribution < 1.29 is 4.79 Å². The second-order valence-electron chi connectivity index (χ2n) is 9.23. The van der Waals surface area contributed by atoms with E-state index in [2.05, 4.69) is 18.8 Å². The summed E-state index contributed by atoms with van der Waals surface area (Å²) < 4.78 is 3.75. The molecule has 6 nitrogen and oxygen atoms in total. The molecule has 1 fully saturated rings. The van der Waals surface area contributed by atoms with Crippen molar-refractivity contribution >= 4 is 33.5 Å². The van der Waals surface area contributed by atoms with Crippen LogP contribution < -0.4 is 16.6 Å². The van der Waals surface area contributed by atoms with Crippen LogP contribution in [-0.4, -0.2) is 21.6 Å². The predicted molar refractivity (Wildman–Crippen MR) is 139 cm³/mol. The first-order valence-electron chi connectivity index (χ1n) is 12.2. The normalized spacial score (nSPS) is 18.1. The molecule has 2 aromatic heterocycles. The van der Waals surface area contributed by atoms with Gasteiger partial charge in [0.1, 0.15) is 4.70 Å². The lowest BCUT2D eigenvalue weighted by Gasteiger charge is -2.28. The number of carbonyl (C=O) groups is 1. The summed E-state index contributed by atoms with van der Waals surface area (Å²) in [6.45, 7) is 7.45. The van der Waals surface area contributed by atoms with Gasteiger partial charge in [0.2, 0.25) is 5.91 Å². The maximum atomic E-state index is 13.5. The van der Waals surface area contributed by atoms with Crippen molar-refractivity contribution in [2.45, 2.75) is 58.5 Å². The number of amides is 1. The van der Waals surface area contributed by atoms with Crippen molar-refractivity contribution in [1.82, 2.24) is 14.5 Å². The Morgan fingerprint density at radius 2 is 1.85 bits per heavy atom. The molecular formula is C27H33N3O3S. The van der Waals surface area contributed by atoms with Gasteiger partial charge in [-0.3, -0.25) is 18.7 Å². The van der Waals surface area contributed by atoms with Crippen LogP contribution in [0.25, 0.3) is 16.3 Å². The highest BCUT2D eigenvalue weighted by Gasteiger charge is 2.27. The van der Waals surface area contributed by atoms with E-state index in [4.69, 9.17) is 0 Å². The van der Waals surface area contributed by atoms with Crippen LogP contribution in [0.3, 0.4) is 0 Å². The Kier molecular flexibility index (Phi) is 7.83. The number of nitrogens with zero attached hydrogens (tertiary/aromatic N) is 2. The third-order valence-electron chi connectivity index (χ3n) is 6.88. The molecule has 7 heteroatoms. The molecule has 2 heterocycles. The third-order valence-corrected chi connectivity index (χ3v) is 7.77. The largest absolute Gasteiger partial charge is 0.356 e. The van der Waals surface area contributed by atoms with Gasteiger partial charge in [-0.15, -0.1) is 11.3 Å². The quantitative estimate of drug-likeness (QED) is 0.455. The van der Waals surface area contributed by atoms with Gasteiger partial charge in [-0.25, -0.2) is 4.79 Å². The summed E-state index contributed by atoms with van der Waals surface area (Å²) in [6, 6.07) is 9.79. The van der Waals surface area contributed by atoms with E-state index in [0.29, 0.717) is 23.3 Å². The zero-order chi connectivity index (χ0) is 24.1. The zero-order valence-electron chi connectivity index (χ0n) is 19.8. The summed E-state index contributed by atoms with van der Waals surface area (Å²) in [7, 11) is 0. The lowest BCUT2D eigenvalue weighted by molar-refractivity contribution is -0.126. The zero-order valence-corrected chi connectivity index (χ0v) is 20.6. The summed E-state index contributed by atoms with van der Waals surface area (Å²) >= 11 is 1.38. The van der Waals surface area contributed by atoms with Crippen LogP contribution in [0.5, 0.6) is 0 Å². The highest BCUT2D eigenvalue weighted by Crippen LogP contribution is 2.30. The molecule has 0 unspecified atom stereocenters. The molecule has 1 amide bonds. The standard InChI is InChI=1S/C27H33N3O3S/c1-3-5-15-28-25(31)22-12-10-21(11-13-22)18-30-26(32)24-23(14-16-34-24)29(27(30)33)17-20-8-6-19(4-2)7-9-20/h4,6-9,14,16,21-22H,2-3,5,10-13,15,17-18H2,1H3,(H,28,31). The Morgan fingerprint density at radius 3 is 2.53 bits per heavy atom. The second kappa shape index (κ2) is 11.0. The fourth-order valence-corrected chi connectivity index (χ4v) is 5.63. The van der Waals surface area contributed by atoms with Gasteiger partial charge < -0.3 is 5.32 Å². The molecule has 4 rings (SSSR count). The van der Waals surface area contributed by atoms with Crippen LogP contribution in [0.4, 0.5) is 0 Å². The van der Waals surface area contributed by atoms with Crippen molar-refractivity contribution in [2.24, 2.45) is 11.8 Å². The van der Waals surface area contributed by atoms with Crippen molar-refractivity contribution in [2.75, 3.05) is 6.54 Å². The number of aromatic nitrogens is 2. The second-order valence-corrected chi connectivity index (χ2v) is 10.1. The topological polar surface area (TPSA) is 73.1 Å². The Labute approximate surface area is 203 Å². The van der Waals surface area contributed by atoms with Gasteiger partial charge in [-0.1, -0.05) is 50.3 Å². The van der Waals surface area contributed by atoms with Crippen LogP contribution in [-0.2, 0) is 17.9 Å². The molecule has 0 radical (unpaired) electrons. The van der Waals surface area contributed by atoms with Gasteiger partial charge in [0.25, 0.3) is 5.56 Å². The molecule has 1 aliphatic rings. The minimum absolute atomic E-state index is 0.0415. The summed E-state index contributed by atoms with van der Waals surface area (Å²) in [6.07, 6.45) is 7.17. The molecule has 180 valence electrons. The van der Waals surface area contributed by atoms with E-state index in [9.17, 15) is 14.4 Å². The molecule has 1 saturated carbocycles. The van der Waals surface area contributed by atoms with E-state index in [1.54, 1.807) is 10.6 Å². The van der Waals surface area contributed by atoms with Crippen molar-refractivity contribution in [1.29, 1.82) is 0 Å². The van der Waals surface area contributed by atoms with Crippen molar-refractivity contribution in [3.8, 4) is 0 Å². The Morgan fingerprint density at radius 1 is 1.12 bits per heavy atom. The molecule has 0 saturated heterocycles. The number of thiophene rings is 1. The van der Waals surface area contributed by atoms with Gasteiger partial charge in [0, 0.05) is 19.0 Å². The smallest absolute Gasteiger partial charge is 0.331 e. The number of hydrogen-bond donors (Lipinski definition) is 1. The van der Waals surface area contributed by atoms with Crippen molar-refractivity contribution in [3.63, 3.8) is 0 Å². The number of rotatable bonds is 9. The SMILES string of the molecule is C=Cc1ccc(Cn2c(=O)n(CC3CCC(C(=O)NCCCC)CC3)c(=O)c3sccc32)cc1. The number of benzene rings is 1. The van der Waals surface area contributed by atoms with Crippen molar-refractivity contribution in [3.05, 3.63) is 74.3 Å². The Bertz CT molecular complexity index is 1260. The minimum Gasteiger partial charge on any atom is -0.356 e. The minimum atomic E-state index is -0.261. The maximum Gasteiger partial charge on any atom is 0.331 e. The van der Waals surface area contributed by atoms with E-state index in [1.165, 1.54) is 15.9 Å². The highest BCUT2D eigenvalue weighted by atomic mass is 32.1. The van der Waals surface area contributed by atoms with Gasteiger partial charge >= 0.3 is 5.69 Å². The summed E-state index contributed by atoms with van der Waals surface area (Å²) in [5.41, 5.74) is 2.25. The van der Waals surface area contributed by atoms with Gasteiger partial charge in [-0.2, -0.15) is 0 Å². The number of carbonyl (C=O) groups excluding carboxylic acids is 1. The molecule has 1 aromatic carbocycles. The van der Waals surface area contributed by atoms with Gasteiger partial charge in [0.05, 0.1) is 12.1 Å². The maximum absolute atomic E-state index is 13.5. The molecular weight excluding hydrogens is 446 g/mol. The fourth-order valence-electron chi connectivity index (χ4n) is 4.79. The van der Waals surface area contributed by atoms with E-state index in [-0.39, 0.29) is 29.0 Å².